The molecule has 2 fully saturated rings. The fraction of sp³-hybridized carbons (Fsp3) is 0.867. The lowest BCUT2D eigenvalue weighted by atomic mass is 9.65. The number of hydrogen-bond donors (Lipinski definition) is 1. The third-order valence-electron chi connectivity index (χ3n) is 4.82. The molecule has 0 aromatic carbocycles. The van der Waals surface area contributed by atoms with Crippen LogP contribution in [0.5, 0.6) is 0 Å². The van der Waals surface area contributed by atoms with Crippen LogP contribution in [0.15, 0.2) is 11.6 Å². The van der Waals surface area contributed by atoms with Gasteiger partial charge >= 0.3 is 0 Å². The van der Waals surface area contributed by atoms with E-state index in [0.29, 0.717) is 5.25 Å². The molecule has 0 radical (unpaired) electrons. The van der Waals surface area contributed by atoms with Gasteiger partial charge in [-0.1, -0.05) is 47.6 Å². The molecule has 2 heterocycles. The van der Waals surface area contributed by atoms with Crippen LogP contribution < -0.4 is 0 Å². The van der Waals surface area contributed by atoms with Crippen molar-refractivity contribution >= 4 is 23.5 Å². The third-order valence-corrected chi connectivity index (χ3v) is 8.83. The fourth-order valence-corrected chi connectivity index (χ4v) is 7.60. The standard InChI is InChI=1S/C15H24OS2/c1-11(2,3)9-8-14(12(4,5)6)13(7,18-14)10-15(9,16)17-10/h8,10,16H,1-7H3. The quantitative estimate of drug-likeness (QED) is 0.535. The summed E-state index contributed by atoms with van der Waals surface area (Å²) in [5.41, 5.74) is 1.55. The molecule has 1 N–H and O–H groups in total. The highest BCUT2D eigenvalue weighted by Crippen LogP contribution is 2.85. The van der Waals surface area contributed by atoms with Gasteiger partial charge in [0.15, 0.2) is 0 Å². The second kappa shape index (κ2) is 3.01. The van der Waals surface area contributed by atoms with Crippen molar-refractivity contribution < 1.29 is 5.11 Å². The molecule has 2 aliphatic heterocycles. The maximum atomic E-state index is 10.9. The molecule has 2 saturated heterocycles. The van der Waals surface area contributed by atoms with Crippen molar-refractivity contribution in [2.45, 2.75) is 68.1 Å². The molecule has 18 heavy (non-hydrogen) atoms. The average Bonchev–Trinajstić information content (AvgIpc) is 2.94. The predicted molar refractivity (Wildman–Crippen MR) is 82.0 cm³/mol. The van der Waals surface area contributed by atoms with Crippen molar-refractivity contribution in [3.05, 3.63) is 11.6 Å². The molecule has 0 spiro atoms. The van der Waals surface area contributed by atoms with E-state index in [9.17, 15) is 5.11 Å². The molecular weight excluding hydrogens is 260 g/mol. The second-order valence-corrected chi connectivity index (χ2v) is 11.2. The van der Waals surface area contributed by atoms with E-state index in [0.717, 1.165) is 0 Å². The number of thioether (sulfide) groups is 2. The molecule has 102 valence electrons. The average molecular weight is 284 g/mol. The highest BCUT2D eigenvalue weighted by Gasteiger charge is 2.84. The minimum absolute atomic E-state index is 0.0548. The van der Waals surface area contributed by atoms with E-state index in [4.69, 9.17) is 0 Å². The normalized spacial score (nSPS) is 50.2. The van der Waals surface area contributed by atoms with Gasteiger partial charge in [-0.15, -0.1) is 23.5 Å². The number of aliphatic hydroxyl groups is 1. The van der Waals surface area contributed by atoms with Gasteiger partial charge in [-0.3, -0.25) is 0 Å². The third kappa shape index (κ3) is 1.31. The minimum atomic E-state index is -0.578. The largest absolute Gasteiger partial charge is 0.374 e. The maximum Gasteiger partial charge on any atom is 0.146 e. The molecule has 4 unspecified atom stereocenters. The van der Waals surface area contributed by atoms with E-state index in [1.807, 2.05) is 0 Å². The Bertz CT molecular complexity index is 456. The zero-order chi connectivity index (χ0) is 13.8. The van der Waals surface area contributed by atoms with Gasteiger partial charge in [0.25, 0.3) is 0 Å². The maximum absolute atomic E-state index is 10.9. The molecule has 0 bridgehead atoms. The van der Waals surface area contributed by atoms with Crippen molar-refractivity contribution in [2.24, 2.45) is 10.8 Å². The monoisotopic (exact) mass is 284 g/mol. The van der Waals surface area contributed by atoms with Crippen LogP contribution in [0.25, 0.3) is 0 Å². The van der Waals surface area contributed by atoms with Crippen LogP contribution in [0, 0.1) is 10.8 Å². The lowest BCUT2D eigenvalue weighted by molar-refractivity contribution is 0.153. The number of fused-ring (bicyclic) bond motifs is 3. The Morgan fingerprint density at radius 1 is 1.17 bits per heavy atom. The molecule has 1 nitrogen and oxygen atoms in total. The molecule has 3 heteroatoms. The second-order valence-electron chi connectivity index (χ2n) is 8.20. The lowest BCUT2D eigenvalue weighted by Gasteiger charge is -2.39. The van der Waals surface area contributed by atoms with E-state index >= 15 is 0 Å². The minimum Gasteiger partial charge on any atom is -0.374 e. The summed E-state index contributed by atoms with van der Waals surface area (Å²) in [6.07, 6.45) is 2.42. The van der Waals surface area contributed by atoms with E-state index in [2.05, 4.69) is 66.3 Å². The van der Waals surface area contributed by atoms with Gasteiger partial charge in [-0.2, -0.15) is 0 Å². The summed E-state index contributed by atoms with van der Waals surface area (Å²) >= 11 is 3.83. The van der Waals surface area contributed by atoms with Gasteiger partial charge < -0.3 is 5.11 Å². The Labute approximate surface area is 119 Å². The van der Waals surface area contributed by atoms with Crippen molar-refractivity contribution in [3.63, 3.8) is 0 Å². The Morgan fingerprint density at radius 2 is 1.72 bits per heavy atom. The van der Waals surface area contributed by atoms with Gasteiger partial charge in [0, 0.05) is 4.75 Å². The summed E-state index contributed by atoms with van der Waals surface area (Å²) in [4.78, 5) is -0.578. The number of rotatable bonds is 0. The molecule has 0 amide bonds. The van der Waals surface area contributed by atoms with E-state index < -0.39 is 4.93 Å². The summed E-state index contributed by atoms with van der Waals surface area (Å²) < 4.78 is 0.433. The van der Waals surface area contributed by atoms with Gasteiger partial charge in [0.1, 0.15) is 4.93 Å². The molecule has 0 saturated carbocycles. The zero-order valence-electron chi connectivity index (χ0n) is 12.4. The first-order chi connectivity index (χ1) is 7.89. The molecule has 0 aromatic rings. The Balaban J connectivity index is 2.15. The summed E-state index contributed by atoms with van der Waals surface area (Å²) in [5, 5.41) is 11.3. The molecule has 0 aromatic heterocycles. The van der Waals surface area contributed by atoms with E-state index in [1.54, 1.807) is 11.8 Å². The van der Waals surface area contributed by atoms with Crippen molar-refractivity contribution in [3.8, 4) is 0 Å². The lowest BCUT2D eigenvalue weighted by Crippen LogP contribution is -2.46. The van der Waals surface area contributed by atoms with Gasteiger partial charge in [0.05, 0.1) is 10.00 Å². The number of hydrogen-bond acceptors (Lipinski definition) is 3. The smallest absolute Gasteiger partial charge is 0.146 e. The fourth-order valence-electron chi connectivity index (χ4n) is 3.74. The van der Waals surface area contributed by atoms with Crippen LogP contribution in [-0.4, -0.2) is 24.8 Å². The summed E-state index contributed by atoms with van der Waals surface area (Å²) in [7, 11) is 0. The Kier molecular flexibility index (Phi) is 2.24. The van der Waals surface area contributed by atoms with Crippen LogP contribution in [0.2, 0.25) is 0 Å². The van der Waals surface area contributed by atoms with E-state index in [1.165, 1.54) is 5.57 Å². The molecular formula is C15H24OS2. The summed E-state index contributed by atoms with van der Waals surface area (Å²) in [6.45, 7) is 16.0. The van der Waals surface area contributed by atoms with Crippen LogP contribution in [-0.2, 0) is 0 Å². The first-order valence-electron chi connectivity index (χ1n) is 6.73. The van der Waals surface area contributed by atoms with Crippen LogP contribution >= 0.6 is 23.5 Å². The molecule has 1 aliphatic carbocycles. The topological polar surface area (TPSA) is 20.2 Å². The van der Waals surface area contributed by atoms with Crippen molar-refractivity contribution in [2.75, 3.05) is 0 Å². The Morgan fingerprint density at radius 3 is 2.17 bits per heavy atom. The van der Waals surface area contributed by atoms with Crippen molar-refractivity contribution in [1.82, 2.24) is 0 Å². The SMILES string of the molecule is CC(C)(C)C1=CC2(C(C)(C)C)SC2(C)C2SC12O. The highest BCUT2D eigenvalue weighted by molar-refractivity contribution is 8.14. The zero-order valence-corrected chi connectivity index (χ0v) is 14.1. The first kappa shape index (κ1) is 13.4. The van der Waals surface area contributed by atoms with Crippen LogP contribution in [0.3, 0.4) is 0 Å². The highest BCUT2D eigenvalue weighted by atomic mass is 32.2. The van der Waals surface area contributed by atoms with Gasteiger partial charge in [0.2, 0.25) is 0 Å². The van der Waals surface area contributed by atoms with Crippen LogP contribution in [0.4, 0.5) is 0 Å². The molecule has 3 aliphatic rings. The van der Waals surface area contributed by atoms with Crippen LogP contribution in [0.1, 0.15) is 48.5 Å². The van der Waals surface area contributed by atoms with Gasteiger partial charge in [-0.05, 0) is 23.3 Å². The predicted octanol–water partition coefficient (Wildman–Crippen LogP) is 4.07. The van der Waals surface area contributed by atoms with Gasteiger partial charge in [-0.25, -0.2) is 0 Å². The Hall–Kier alpha value is 0.400. The molecule has 4 atom stereocenters. The first-order valence-corrected chi connectivity index (χ1v) is 8.42. The van der Waals surface area contributed by atoms with Crippen molar-refractivity contribution in [1.29, 1.82) is 0 Å². The molecule has 3 rings (SSSR count). The summed E-state index contributed by atoms with van der Waals surface area (Å²) in [6, 6.07) is 0. The van der Waals surface area contributed by atoms with E-state index in [-0.39, 0.29) is 20.3 Å². The summed E-state index contributed by atoms with van der Waals surface area (Å²) in [5.74, 6) is 0.